The predicted octanol–water partition coefficient (Wildman–Crippen LogP) is 3.18. The Morgan fingerprint density at radius 3 is 2.33 bits per heavy atom. The van der Waals surface area contributed by atoms with Gasteiger partial charge in [0.2, 0.25) is 0 Å². The van der Waals surface area contributed by atoms with Crippen molar-refractivity contribution in [1.29, 1.82) is 0 Å². The van der Waals surface area contributed by atoms with Crippen LogP contribution >= 0.6 is 0 Å². The smallest absolute Gasteiger partial charge is 0.257 e. The molecular weight excluding hydrogens is 316 g/mol. The third-order valence-corrected chi connectivity index (χ3v) is 4.17. The number of amides is 1. The second-order valence-electron chi connectivity index (χ2n) is 5.58. The molecule has 1 amide bonds. The van der Waals surface area contributed by atoms with Crippen molar-refractivity contribution in [2.24, 2.45) is 0 Å². The average Bonchev–Trinajstić information content (AvgIpc) is 2.59. The minimum absolute atomic E-state index is 0.125. The molecule has 0 atom stereocenters. The van der Waals surface area contributed by atoms with Crippen LogP contribution in [-0.4, -0.2) is 31.6 Å². The van der Waals surface area contributed by atoms with E-state index in [9.17, 15) is 13.6 Å². The molecule has 126 valence electrons. The molecule has 0 saturated heterocycles. The molecule has 0 aliphatic carbocycles. The number of carbonyl (C=O) groups is 1. The standard InChI is InChI=1S/C18H17F2NO3/c1-23-16-7-11-5-6-21(10-12(11)8-17(16)24-2)18(22)14-4-3-13(19)9-15(14)20/h3-4,7-9H,5-6,10H2,1-2H3. The van der Waals surface area contributed by atoms with Crippen LogP contribution in [0.4, 0.5) is 8.78 Å². The van der Waals surface area contributed by atoms with Crippen LogP contribution in [0, 0.1) is 11.6 Å². The van der Waals surface area contributed by atoms with Gasteiger partial charge >= 0.3 is 0 Å². The molecule has 0 fully saturated rings. The molecule has 2 aromatic rings. The lowest BCUT2D eigenvalue weighted by Crippen LogP contribution is -2.36. The molecule has 3 rings (SSSR count). The van der Waals surface area contributed by atoms with Crippen LogP contribution in [-0.2, 0) is 13.0 Å². The molecule has 0 bridgehead atoms. The van der Waals surface area contributed by atoms with Gasteiger partial charge in [0, 0.05) is 19.2 Å². The summed E-state index contributed by atoms with van der Waals surface area (Å²) in [4.78, 5) is 14.1. The largest absolute Gasteiger partial charge is 0.493 e. The van der Waals surface area contributed by atoms with Gasteiger partial charge in [-0.1, -0.05) is 0 Å². The zero-order valence-electron chi connectivity index (χ0n) is 13.4. The maximum absolute atomic E-state index is 13.8. The van der Waals surface area contributed by atoms with E-state index >= 15 is 0 Å². The number of methoxy groups -OCH3 is 2. The van der Waals surface area contributed by atoms with E-state index < -0.39 is 17.5 Å². The van der Waals surface area contributed by atoms with E-state index in [1.165, 1.54) is 6.07 Å². The van der Waals surface area contributed by atoms with Crippen molar-refractivity contribution in [3.63, 3.8) is 0 Å². The second kappa shape index (κ2) is 6.47. The van der Waals surface area contributed by atoms with Crippen LogP contribution in [0.2, 0.25) is 0 Å². The topological polar surface area (TPSA) is 38.8 Å². The Bertz CT molecular complexity index is 792. The van der Waals surface area contributed by atoms with Crippen molar-refractivity contribution < 1.29 is 23.0 Å². The van der Waals surface area contributed by atoms with Crippen molar-refractivity contribution in [3.8, 4) is 11.5 Å². The van der Waals surface area contributed by atoms with Crippen molar-refractivity contribution in [1.82, 2.24) is 4.90 Å². The van der Waals surface area contributed by atoms with E-state index in [1.54, 1.807) is 19.1 Å². The highest BCUT2D eigenvalue weighted by Crippen LogP contribution is 2.33. The molecule has 1 heterocycles. The van der Waals surface area contributed by atoms with Crippen LogP contribution in [0.1, 0.15) is 21.5 Å². The van der Waals surface area contributed by atoms with Crippen molar-refractivity contribution in [3.05, 3.63) is 58.7 Å². The Hall–Kier alpha value is -2.63. The summed E-state index contributed by atoms with van der Waals surface area (Å²) >= 11 is 0. The molecular formula is C18H17F2NO3. The van der Waals surface area contributed by atoms with E-state index in [0.717, 1.165) is 23.3 Å². The van der Waals surface area contributed by atoms with E-state index in [4.69, 9.17) is 9.47 Å². The van der Waals surface area contributed by atoms with E-state index in [-0.39, 0.29) is 5.56 Å². The van der Waals surface area contributed by atoms with Crippen LogP contribution < -0.4 is 9.47 Å². The molecule has 2 aromatic carbocycles. The van der Waals surface area contributed by atoms with Gasteiger partial charge in [-0.15, -0.1) is 0 Å². The predicted molar refractivity (Wildman–Crippen MR) is 84.3 cm³/mol. The number of fused-ring (bicyclic) bond motifs is 1. The Morgan fingerprint density at radius 1 is 1.04 bits per heavy atom. The first kappa shape index (κ1) is 16.2. The summed E-state index contributed by atoms with van der Waals surface area (Å²) in [5.41, 5.74) is 1.87. The lowest BCUT2D eigenvalue weighted by Gasteiger charge is -2.29. The minimum Gasteiger partial charge on any atom is -0.493 e. The summed E-state index contributed by atoms with van der Waals surface area (Å²) in [5, 5.41) is 0. The number of nitrogens with zero attached hydrogens (tertiary/aromatic N) is 1. The quantitative estimate of drug-likeness (QED) is 0.866. The van der Waals surface area contributed by atoms with Gasteiger partial charge in [-0.25, -0.2) is 8.78 Å². The minimum atomic E-state index is -0.849. The maximum Gasteiger partial charge on any atom is 0.257 e. The summed E-state index contributed by atoms with van der Waals surface area (Å²) in [6.07, 6.45) is 0.629. The number of hydrogen-bond acceptors (Lipinski definition) is 3. The molecule has 0 radical (unpaired) electrons. The van der Waals surface area contributed by atoms with Gasteiger partial charge < -0.3 is 14.4 Å². The highest BCUT2D eigenvalue weighted by Gasteiger charge is 2.25. The van der Waals surface area contributed by atoms with Crippen molar-refractivity contribution in [2.75, 3.05) is 20.8 Å². The van der Waals surface area contributed by atoms with E-state index in [2.05, 4.69) is 0 Å². The summed E-state index contributed by atoms with van der Waals surface area (Å²) in [5.74, 6) is -0.782. The molecule has 0 unspecified atom stereocenters. The normalized spacial score (nSPS) is 13.4. The zero-order valence-corrected chi connectivity index (χ0v) is 13.4. The van der Waals surface area contributed by atoms with Gasteiger partial charge in [0.15, 0.2) is 11.5 Å². The number of carbonyl (C=O) groups excluding carboxylic acids is 1. The molecule has 1 aliphatic rings. The first-order valence-corrected chi connectivity index (χ1v) is 7.51. The highest BCUT2D eigenvalue weighted by atomic mass is 19.1. The first-order chi connectivity index (χ1) is 11.5. The zero-order chi connectivity index (χ0) is 17.3. The maximum atomic E-state index is 13.8. The number of ether oxygens (including phenoxy) is 2. The SMILES string of the molecule is COc1cc2c(cc1OC)CN(C(=O)c1ccc(F)cc1F)CC2. The summed E-state index contributed by atoms with van der Waals surface area (Å²) in [6, 6.07) is 6.71. The molecule has 0 N–H and O–H groups in total. The fraction of sp³-hybridized carbons (Fsp3) is 0.278. The average molecular weight is 333 g/mol. The van der Waals surface area contributed by atoms with Gasteiger partial charge in [0.25, 0.3) is 5.91 Å². The molecule has 0 aromatic heterocycles. The Morgan fingerprint density at radius 2 is 1.71 bits per heavy atom. The highest BCUT2D eigenvalue weighted by molar-refractivity contribution is 5.94. The van der Waals surface area contributed by atoms with Crippen LogP contribution in [0.25, 0.3) is 0 Å². The molecule has 0 spiro atoms. The van der Waals surface area contributed by atoms with E-state index in [1.807, 2.05) is 12.1 Å². The second-order valence-corrected chi connectivity index (χ2v) is 5.58. The van der Waals surface area contributed by atoms with Gasteiger partial charge in [0.05, 0.1) is 19.8 Å². The lowest BCUT2D eigenvalue weighted by molar-refractivity contribution is 0.0729. The Kier molecular flexibility index (Phi) is 4.38. The number of benzene rings is 2. The summed E-state index contributed by atoms with van der Waals surface area (Å²) in [7, 11) is 3.12. The van der Waals surface area contributed by atoms with Crippen LogP contribution in [0.5, 0.6) is 11.5 Å². The lowest BCUT2D eigenvalue weighted by atomic mass is 9.98. The van der Waals surface area contributed by atoms with Crippen molar-refractivity contribution >= 4 is 5.91 Å². The van der Waals surface area contributed by atoms with E-state index in [0.29, 0.717) is 31.0 Å². The van der Waals surface area contributed by atoms with Crippen LogP contribution in [0.15, 0.2) is 30.3 Å². The van der Waals surface area contributed by atoms with Gasteiger partial charge in [-0.2, -0.15) is 0 Å². The fourth-order valence-corrected chi connectivity index (χ4v) is 2.89. The number of hydrogen-bond donors (Lipinski definition) is 0. The van der Waals surface area contributed by atoms with Gasteiger partial charge in [-0.3, -0.25) is 4.79 Å². The first-order valence-electron chi connectivity index (χ1n) is 7.51. The third kappa shape index (κ3) is 2.91. The number of halogens is 2. The summed E-state index contributed by atoms with van der Waals surface area (Å²) < 4.78 is 37.4. The Balaban J connectivity index is 1.88. The Labute approximate surface area is 138 Å². The van der Waals surface area contributed by atoms with Gasteiger partial charge in [-0.05, 0) is 41.8 Å². The monoisotopic (exact) mass is 333 g/mol. The molecule has 4 nitrogen and oxygen atoms in total. The van der Waals surface area contributed by atoms with Crippen LogP contribution in [0.3, 0.4) is 0 Å². The third-order valence-electron chi connectivity index (χ3n) is 4.17. The summed E-state index contributed by atoms with van der Waals surface area (Å²) in [6.45, 7) is 0.795. The molecule has 6 heteroatoms. The van der Waals surface area contributed by atoms with Crippen molar-refractivity contribution in [2.45, 2.75) is 13.0 Å². The molecule has 1 aliphatic heterocycles. The molecule has 0 saturated carbocycles. The number of rotatable bonds is 3. The van der Waals surface area contributed by atoms with Gasteiger partial charge in [0.1, 0.15) is 11.6 Å². The fourth-order valence-electron chi connectivity index (χ4n) is 2.89. The molecule has 24 heavy (non-hydrogen) atoms.